The van der Waals surface area contributed by atoms with Crippen molar-refractivity contribution in [1.82, 2.24) is 4.98 Å². The summed E-state index contributed by atoms with van der Waals surface area (Å²) in [6.45, 7) is 2.93. The predicted molar refractivity (Wildman–Crippen MR) is 88.7 cm³/mol. The average Bonchev–Trinajstić information content (AvgIpc) is 2.79. The fourth-order valence-corrected chi connectivity index (χ4v) is 2.94. The van der Waals surface area contributed by atoms with Gasteiger partial charge in [0, 0.05) is 29.6 Å². The van der Waals surface area contributed by atoms with Crippen molar-refractivity contribution >= 4 is 49.3 Å². The van der Waals surface area contributed by atoms with Crippen LogP contribution in [0.2, 0.25) is 0 Å². The van der Waals surface area contributed by atoms with Crippen molar-refractivity contribution in [3.63, 3.8) is 0 Å². The number of fused-ring (bicyclic) bond motifs is 1. The summed E-state index contributed by atoms with van der Waals surface area (Å²) in [6, 6.07) is 6.57. The number of benzene rings is 1. The minimum Gasteiger partial charge on any atom is -0.340 e. The number of thiazole rings is 1. The third kappa shape index (κ3) is 3.15. The van der Waals surface area contributed by atoms with E-state index in [0.29, 0.717) is 0 Å². The molecular weight excluding hydrogens is 355 g/mol. The standard InChI is InChI=1S/C14H15IN2S/c1-3-5-11-6-7-12-13(10-11)18-14(16-12)17(2)9-4-8-15/h6-7,10H,3,5,9H2,1-2H3. The fraction of sp³-hybridized carbons (Fsp3) is 0.357. The van der Waals surface area contributed by atoms with Crippen LogP contribution in [0.1, 0.15) is 18.9 Å². The maximum atomic E-state index is 4.64. The van der Waals surface area contributed by atoms with Gasteiger partial charge < -0.3 is 4.90 Å². The highest BCUT2D eigenvalue weighted by atomic mass is 127. The predicted octanol–water partition coefficient (Wildman–Crippen LogP) is 4.08. The summed E-state index contributed by atoms with van der Waals surface area (Å²) in [4.78, 5) is 6.73. The van der Waals surface area contributed by atoms with Crippen LogP contribution in [0.3, 0.4) is 0 Å². The number of hydrogen-bond donors (Lipinski definition) is 0. The number of hydrogen-bond acceptors (Lipinski definition) is 3. The lowest BCUT2D eigenvalue weighted by Crippen LogP contribution is -2.16. The molecule has 0 saturated carbocycles. The summed E-state index contributed by atoms with van der Waals surface area (Å²) in [5, 5.41) is 1.04. The van der Waals surface area contributed by atoms with Crippen molar-refractivity contribution in [1.29, 1.82) is 0 Å². The fourth-order valence-electron chi connectivity index (χ4n) is 1.78. The monoisotopic (exact) mass is 370 g/mol. The van der Waals surface area contributed by atoms with Crippen LogP contribution in [0.25, 0.3) is 10.2 Å². The maximum absolute atomic E-state index is 4.64. The molecule has 0 aliphatic carbocycles. The minimum absolute atomic E-state index is 0.727. The first kappa shape index (κ1) is 13.6. The lowest BCUT2D eigenvalue weighted by Gasteiger charge is -2.10. The first-order valence-electron chi connectivity index (χ1n) is 5.93. The molecule has 2 aromatic rings. The Morgan fingerprint density at radius 3 is 3.00 bits per heavy atom. The smallest absolute Gasteiger partial charge is 0.186 e. The first-order chi connectivity index (χ1) is 8.74. The molecule has 1 heterocycles. The molecule has 0 aliphatic heterocycles. The second-order valence-corrected chi connectivity index (χ2v) is 5.72. The van der Waals surface area contributed by atoms with E-state index in [0.717, 1.165) is 23.6 Å². The number of nitrogens with zero attached hydrogens (tertiary/aromatic N) is 2. The van der Waals surface area contributed by atoms with Crippen LogP contribution in [0, 0.1) is 9.85 Å². The van der Waals surface area contributed by atoms with Crippen LogP contribution in [0.5, 0.6) is 0 Å². The summed E-state index contributed by atoms with van der Waals surface area (Å²) in [7, 11) is 2.03. The van der Waals surface area contributed by atoms with E-state index in [9.17, 15) is 0 Å². The van der Waals surface area contributed by atoms with E-state index in [2.05, 4.69) is 67.4 Å². The van der Waals surface area contributed by atoms with Crippen LogP contribution >= 0.6 is 33.9 Å². The molecule has 1 aromatic heterocycles. The van der Waals surface area contributed by atoms with Crippen molar-refractivity contribution in [3.05, 3.63) is 23.8 Å². The van der Waals surface area contributed by atoms with Crippen LogP contribution in [0.15, 0.2) is 18.2 Å². The van der Waals surface area contributed by atoms with Crippen molar-refractivity contribution in [3.8, 4) is 9.85 Å². The molecular formula is C14H15IN2S. The molecule has 0 amide bonds. The summed E-state index contributed by atoms with van der Waals surface area (Å²) >= 11 is 3.80. The van der Waals surface area contributed by atoms with Crippen LogP contribution in [0.4, 0.5) is 5.13 Å². The highest BCUT2D eigenvalue weighted by molar-refractivity contribution is 14.1. The largest absolute Gasteiger partial charge is 0.340 e. The van der Waals surface area contributed by atoms with E-state index < -0.39 is 0 Å². The molecule has 0 aliphatic rings. The first-order valence-corrected chi connectivity index (χ1v) is 7.83. The third-order valence-corrected chi connectivity index (χ3v) is 4.20. The zero-order chi connectivity index (χ0) is 13.0. The van der Waals surface area contributed by atoms with Gasteiger partial charge in [-0.25, -0.2) is 4.98 Å². The molecule has 94 valence electrons. The van der Waals surface area contributed by atoms with Gasteiger partial charge in [-0.15, -0.1) is 0 Å². The van der Waals surface area contributed by atoms with Crippen molar-refractivity contribution in [2.24, 2.45) is 0 Å². The van der Waals surface area contributed by atoms with E-state index in [-0.39, 0.29) is 0 Å². The zero-order valence-corrected chi connectivity index (χ0v) is 13.5. The molecule has 0 bridgehead atoms. The average molecular weight is 370 g/mol. The summed E-state index contributed by atoms with van der Waals surface area (Å²) in [6.07, 6.45) is 2.32. The van der Waals surface area contributed by atoms with Crippen LogP contribution in [-0.2, 0) is 6.42 Å². The van der Waals surface area contributed by atoms with E-state index in [4.69, 9.17) is 0 Å². The molecule has 0 saturated heterocycles. The van der Waals surface area contributed by atoms with Gasteiger partial charge in [-0.1, -0.05) is 36.7 Å². The Balaban J connectivity index is 2.28. The Morgan fingerprint density at radius 2 is 2.28 bits per heavy atom. The normalized spacial score (nSPS) is 10.2. The molecule has 4 heteroatoms. The molecule has 1 aromatic carbocycles. The van der Waals surface area contributed by atoms with Gasteiger partial charge >= 0.3 is 0 Å². The third-order valence-electron chi connectivity index (χ3n) is 2.69. The van der Waals surface area contributed by atoms with Crippen LogP contribution < -0.4 is 4.90 Å². The van der Waals surface area contributed by atoms with Crippen LogP contribution in [-0.4, -0.2) is 18.6 Å². The molecule has 18 heavy (non-hydrogen) atoms. The van der Waals surface area contributed by atoms with Gasteiger partial charge in [0.05, 0.1) is 16.8 Å². The lowest BCUT2D eigenvalue weighted by atomic mass is 10.1. The van der Waals surface area contributed by atoms with Crippen molar-refractivity contribution in [2.45, 2.75) is 19.8 Å². The van der Waals surface area contributed by atoms with E-state index in [1.54, 1.807) is 11.3 Å². The highest BCUT2D eigenvalue weighted by Gasteiger charge is 2.07. The Hall–Kier alpha value is -0.800. The Labute approximate surface area is 126 Å². The molecule has 0 radical (unpaired) electrons. The Kier molecular flexibility index (Phi) is 4.84. The number of aromatic nitrogens is 1. The molecule has 2 rings (SSSR count). The van der Waals surface area contributed by atoms with Gasteiger partial charge in [0.2, 0.25) is 0 Å². The number of anilines is 1. The SMILES string of the molecule is CCCc1ccc2nc(N(C)CC#CI)sc2c1. The van der Waals surface area contributed by atoms with Crippen molar-refractivity contribution < 1.29 is 0 Å². The molecule has 0 spiro atoms. The van der Waals surface area contributed by atoms with E-state index in [1.807, 2.05) is 7.05 Å². The van der Waals surface area contributed by atoms with Gasteiger partial charge in [0.1, 0.15) is 0 Å². The van der Waals surface area contributed by atoms with Gasteiger partial charge in [0.25, 0.3) is 0 Å². The molecule has 2 nitrogen and oxygen atoms in total. The highest BCUT2D eigenvalue weighted by Crippen LogP contribution is 2.29. The summed E-state index contributed by atoms with van der Waals surface area (Å²) in [5.74, 6) is 3.05. The number of halogens is 1. The van der Waals surface area contributed by atoms with E-state index in [1.165, 1.54) is 16.7 Å². The lowest BCUT2D eigenvalue weighted by molar-refractivity contribution is 0.924. The van der Waals surface area contributed by atoms with Gasteiger partial charge in [-0.2, -0.15) is 0 Å². The van der Waals surface area contributed by atoms with Gasteiger partial charge in [0.15, 0.2) is 5.13 Å². The summed E-state index contributed by atoms with van der Waals surface area (Å²) < 4.78 is 4.15. The number of aryl methyl sites for hydroxylation is 1. The Morgan fingerprint density at radius 1 is 1.44 bits per heavy atom. The van der Waals surface area contributed by atoms with Gasteiger partial charge in [-0.3, -0.25) is 0 Å². The Bertz CT molecular complexity index is 595. The molecule has 0 fully saturated rings. The second-order valence-electron chi connectivity index (χ2n) is 4.18. The quantitative estimate of drug-likeness (QED) is 0.596. The molecule has 0 unspecified atom stereocenters. The molecule has 0 N–H and O–H groups in total. The zero-order valence-electron chi connectivity index (χ0n) is 10.5. The number of rotatable bonds is 4. The summed E-state index contributed by atoms with van der Waals surface area (Å²) in [5.41, 5.74) is 2.49. The van der Waals surface area contributed by atoms with Gasteiger partial charge in [-0.05, 0) is 28.0 Å². The molecule has 0 atom stereocenters. The topological polar surface area (TPSA) is 16.1 Å². The van der Waals surface area contributed by atoms with Crippen molar-refractivity contribution in [2.75, 3.05) is 18.5 Å². The maximum Gasteiger partial charge on any atom is 0.186 e. The second kappa shape index (κ2) is 6.39. The van der Waals surface area contributed by atoms with E-state index >= 15 is 0 Å². The minimum atomic E-state index is 0.727.